The molecule has 298 valence electrons. The second-order valence-corrected chi connectivity index (χ2v) is 16.6. The van der Waals surface area contributed by atoms with E-state index in [1.807, 2.05) is 112 Å². The Bertz CT molecular complexity index is 1400. The molecule has 0 spiro atoms. The average Bonchev–Trinajstić information content (AvgIpc) is 3.16. The number of phosphoric acid groups is 1. The van der Waals surface area contributed by atoms with Crippen molar-refractivity contribution in [1.29, 1.82) is 0 Å². The van der Waals surface area contributed by atoms with Gasteiger partial charge in [0.1, 0.15) is 24.9 Å². The normalized spacial score (nSPS) is 13.9. The molecule has 0 aliphatic heterocycles. The van der Waals surface area contributed by atoms with Gasteiger partial charge in [0.15, 0.2) is 0 Å². The molecule has 0 amide bonds. The fraction of sp³-hybridized carbons (Fsp3) is 0.533. The van der Waals surface area contributed by atoms with Crippen LogP contribution in [0, 0.1) is 0 Å². The molecule has 9 heteroatoms. The molecular formula is C45H67NO7P+. The number of rotatable bonds is 29. The Morgan fingerprint density at radius 3 is 1.63 bits per heavy atom. The largest absolute Gasteiger partial charge is 0.472 e. The first kappa shape index (κ1) is 45.3. The topological polar surface area (TPSA) is 91.3 Å². The Balaban J connectivity index is 1.62. The lowest BCUT2D eigenvalue weighted by atomic mass is 9.80. The lowest BCUT2D eigenvalue weighted by Crippen LogP contribution is -2.38. The molecule has 8 nitrogen and oxygen atoms in total. The van der Waals surface area contributed by atoms with Crippen LogP contribution >= 0.6 is 7.82 Å². The van der Waals surface area contributed by atoms with Gasteiger partial charge in [-0.25, -0.2) is 4.57 Å². The number of carbonyl (C=O) groups is 1. The molecule has 0 aromatic heterocycles. The summed E-state index contributed by atoms with van der Waals surface area (Å²) in [7, 11) is 1.47. The van der Waals surface area contributed by atoms with Crippen molar-refractivity contribution in [2.24, 2.45) is 0 Å². The van der Waals surface area contributed by atoms with Gasteiger partial charge in [-0.2, -0.15) is 0 Å². The number of allylic oxidation sites excluding steroid dienone is 2. The van der Waals surface area contributed by atoms with Crippen LogP contribution in [0.25, 0.3) is 0 Å². The van der Waals surface area contributed by atoms with Crippen LogP contribution in [0.3, 0.4) is 0 Å². The van der Waals surface area contributed by atoms with Gasteiger partial charge in [0.2, 0.25) is 0 Å². The van der Waals surface area contributed by atoms with Crippen LogP contribution in [0.1, 0.15) is 114 Å². The molecule has 0 radical (unpaired) electrons. The minimum atomic E-state index is -4.43. The van der Waals surface area contributed by atoms with Crippen molar-refractivity contribution >= 4 is 13.8 Å². The summed E-state index contributed by atoms with van der Waals surface area (Å²) in [5, 5.41) is 0. The number of likely N-dealkylation sites (N-methyl/N-ethyl adjacent to an activating group) is 1. The fourth-order valence-electron chi connectivity index (χ4n) is 6.33. The van der Waals surface area contributed by atoms with E-state index in [-0.39, 0.29) is 26.2 Å². The molecular weight excluding hydrogens is 697 g/mol. The van der Waals surface area contributed by atoms with Crippen molar-refractivity contribution in [2.75, 3.05) is 47.5 Å². The van der Waals surface area contributed by atoms with Crippen LogP contribution in [0.15, 0.2) is 103 Å². The number of esters is 1. The molecule has 0 fully saturated rings. The summed E-state index contributed by atoms with van der Waals surface area (Å²) in [6.07, 6.45) is 19.1. The van der Waals surface area contributed by atoms with E-state index in [0.717, 1.165) is 48.8 Å². The van der Waals surface area contributed by atoms with E-state index in [0.29, 0.717) is 17.4 Å². The maximum absolute atomic E-state index is 13.2. The third kappa shape index (κ3) is 17.6. The predicted molar refractivity (Wildman–Crippen MR) is 219 cm³/mol. The van der Waals surface area contributed by atoms with E-state index in [2.05, 4.69) is 19.1 Å². The number of carbonyl (C=O) groups excluding carboxylic acids is 1. The van der Waals surface area contributed by atoms with Crippen molar-refractivity contribution in [3.63, 3.8) is 0 Å². The Kier molecular flexibility index (Phi) is 21.1. The third-order valence-corrected chi connectivity index (χ3v) is 10.4. The van der Waals surface area contributed by atoms with Crippen molar-refractivity contribution in [3.8, 4) is 0 Å². The highest BCUT2D eigenvalue weighted by atomic mass is 31.2. The van der Waals surface area contributed by atoms with Gasteiger partial charge in [-0.1, -0.05) is 161 Å². The number of quaternary nitrogens is 1. The molecule has 3 rings (SSSR count). The van der Waals surface area contributed by atoms with Crippen molar-refractivity contribution in [1.82, 2.24) is 0 Å². The molecule has 0 heterocycles. The summed E-state index contributed by atoms with van der Waals surface area (Å²) in [4.78, 5) is 23.7. The van der Waals surface area contributed by atoms with Crippen LogP contribution in [-0.4, -0.2) is 69.0 Å². The first-order valence-corrected chi connectivity index (χ1v) is 21.6. The standard InChI is InChI=1S/C45H66NO7P/c1-5-6-7-8-9-10-11-12-13-14-15-16-17-18-28-35-44(47)53-43(39-52-54(48,49)51-37-36-46(2,3)4)38-50-45(40-29-22-19-23-30-40,41-31-24-20-25-32-41)42-33-26-21-27-34-42/h12-13,19-27,29-34,43H,5-11,14-18,28,35-39H2,1-4H3/p+1/b13-12-/t43-/m1/s1. The quantitative estimate of drug-likeness (QED) is 0.0188. The Morgan fingerprint density at radius 1 is 0.685 bits per heavy atom. The van der Waals surface area contributed by atoms with E-state index in [4.69, 9.17) is 18.5 Å². The van der Waals surface area contributed by atoms with E-state index >= 15 is 0 Å². The number of nitrogens with zero attached hydrogens (tertiary/aromatic N) is 1. The number of hydrogen-bond acceptors (Lipinski definition) is 6. The van der Waals surface area contributed by atoms with Crippen molar-refractivity contribution in [2.45, 2.75) is 109 Å². The number of unbranched alkanes of at least 4 members (excludes halogenated alkanes) is 11. The summed E-state index contributed by atoms with van der Waals surface area (Å²) in [5.41, 5.74) is 1.59. The zero-order valence-electron chi connectivity index (χ0n) is 33.4. The fourth-order valence-corrected chi connectivity index (χ4v) is 7.07. The van der Waals surface area contributed by atoms with Gasteiger partial charge in [-0.15, -0.1) is 0 Å². The summed E-state index contributed by atoms with van der Waals surface area (Å²) in [6.45, 7) is 2.33. The Labute approximate surface area is 326 Å². The lowest BCUT2D eigenvalue weighted by molar-refractivity contribution is -0.870. The first-order valence-electron chi connectivity index (χ1n) is 20.1. The highest BCUT2D eigenvalue weighted by Gasteiger charge is 2.39. The van der Waals surface area contributed by atoms with Crippen LogP contribution in [0.5, 0.6) is 0 Å². The Morgan fingerprint density at radius 2 is 1.15 bits per heavy atom. The first-order chi connectivity index (χ1) is 26.1. The van der Waals surface area contributed by atoms with E-state index in [1.54, 1.807) is 0 Å². The SMILES string of the molecule is CCCCCCCC/C=C\CCCCCCCC(=O)O[C@H](COC(c1ccccc1)(c1ccccc1)c1ccccc1)COP(=O)(O)OCC[N+](C)(C)C. The number of hydrogen-bond donors (Lipinski definition) is 1. The molecule has 0 saturated heterocycles. The number of ether oxygens (including phenoxy) is 2. The minimum Gasteiger partial charge on any atom is -0.457 e. The summed E-state index contributed by atoms with van der Waals surface area (Å²) in [6, 6.07) is 29.7. The summed E-state index contributed by atoms with van der Waals surface area (Å²) < 4.78 is 37.0. The van der Waals surface area contributed by atoms with Gasteiger partial charge in [0, 0.05) is 6.42 Å². The molecule has 1 N–H and O–H groups in total. The summed E-state index contributed by atoms with van der Waals surface area (Å²) >= 11 is 0. The third-order valence-electron chi connectivity index (χ3n) is 9.41. The van der Waals surface area contributed by atoms with Gasteiger partial charge in [-0.05, 0) is 48.8 Å². The second kappa shape index (κ2) is 25.1. The van der Waals surface area contributed by atoms with Gasteiger partial charge in [0.05, 0.1) is 34.4 Å². The highest BCUT2D eigenvalue weighted by Crippen LogP contribution is 2.44. The smallest absolute Gasteiger partial charge is 0.457 e. The maximum atomic E-state index is 13.2. The molecule has 54 heavy (non-hydrogen) atoms. The van der Waals surface area contributed by atoms with E-state index in [9.17, 15) is 14.3 Å². The minimum absolute atomic E-state index is 0.0346. The molecule has 0 aliphatic rings. The zero-order valence-corrected chi connectivity index (χ0v) is 34.3. The predicted octanol–water partition coefficient (Wildman–Crippen LogP) is 10.8. The number of phosphoric ester groups is 1. The van der Waals surface area contributed by atoms with Crippen molar-refractivity contribution < 1.29 is 37.3 Å². The molecule has 2 atom stereocenters. The molecule has 0 bridgehead atoms. The van der Waals surface area contributed by atoms with Crippen LogP contribution < -0.4 is 0 Å². The average molecular weight is 765 g/mol. The second-order valence-electron chi connectivity index (χ2n) is 15.1. The van der Waals surface area contributed by atoms with E-state index in [1.165, 1.54) is 44.9 Å². The Hall–Kier alpha value is -3.10. The van der Waals surface area contributed by atoms with Gasteiger partial charge >= 0.3 is 13.8 Å². The molecule has 0 saturated carbocycles. The molecule has 0 aliphatic carbocycles. The molecule has 3 aromatic rings. The van der Waals surface area contributed by atoms with Crippen LogP contribution in [-0.2, 0) is 33.5 Å². The van der Waals surface area contributed by atoms with Gasteiger partial charge in [-0.3, -0.25) is 13.8 Å². The molecule has 3 aromatic carbocycles. The van der Waals surface area contributed by atoms with Gasteiger partial charge < -0.3 is 18.9 Å². The molecule has 1 unspecified atom stereocenters. The zero-order chi connectivity index (χ0) is 39.0. The monoisotopic (exact) mass is 764 g/mol. The number of benzene rings is 3. The lowest BCUT2D eigenvalue weighted by Gasteiger charge is -2.37. The van der Waals surface area contributed by atoms with E-state index < -0.39 is 25.5 Å². The van der Waals surface area contributed by atoms with Crippen LogP contribution in [0.2, 0.25) is 0 Å². The summed E-state index contributed by atoms with van der Waals surface area (Å²) in [5.74, 6) is -0.395. The van der Waals surface area contributed by atoms with Crippen molar-refractivity contribution in [3.05, 3.63) is 120 Å². The van der Waals surface area contributed by atoms with Gasteiger partial charge in [0.25, 0.3) is 0 Å². The maximum Gasteiger partial charge on any atom is 0.472 e. The highest BCUT2D eigenvalue weighted by molar-refractivity contribution is 7.47. The van der Waals surface area contributed by atoms with Crippen LogP contribution in [0.4, 0.5) is 0 Å².